The Morgan fingerprint density at radius 2 is 1.90 bits per heavy atom. The van der Waals surface area contributed by atoms with Crippen LogP contribution in [0.4, 0.5) is 0 Å². The molecular weight excluding hydrogens is 256 g/mol. The van der Waals surface area contributed by atoms with Gasteiger partial charge in [0.25, 0.3) is 5.56 Å². The molecule has 6 heteroatoms. The highest BCUT2D eigenvalue weighted by Crippen LogP contribution is 2.09. The van der Waals surface area contributed by atoms with Crippen LogP contribution >= 0.6 is 0 Å². The van der Waals surface area contributed by atoms with Crippen molar-refractivity contribution in [1.29, 1.82) is 0 Å². The quantitative estimate of drug-likeness (QED) is 0.684. The van der Waals surface area contributed by atoms with Gasteiger partial charge in [-0.1, -0.05) is 30.3 Å². The van der Waals surface area contributed by atoms with Crippen molar-refractivity contribution in [3.63, 3.8) is 0 Å². The predicted molar refractivity (Wildman–Crippen MR) is 75.8 cm³/mol. The van der Waals surface area contributed by atoms with Gasteiger partial charge >= 0.3 is 5.69 Å². The first-order valence-electron chi connectivity index (χ1n) is 8.79. The molecule has 3 rings (SSSR count). The Hall–Kier alpha value is -2.63. The smallest absolute Gasteiger partial charge is 0.320 e. The SMILES string of the molecule is [2H]C([2H])([2H])n1c(=O)c2c(ncn2Cc2ccccc2)n(C([2H])([2H])[2H])c1=O. The van der Waals surface area contributed by atoms with Gasteiger partial charge in [0.1, 0.15) is 0 Å². The summed E-state index contributed by atoms with van der Waals surface area (Å²) >= 11 is 0. The van der Waals surface area contributed by atoms with E-state index in [1.807, 2.05) is 6.07 Å². The van der Waals surface area contributed by atoms with Crippen molar-refractivity contribution < 1.29 is 8.22 Å². The molecule has 0 bridgehead atoms. The van der Waals surface area contributed by atoms with Gasteiger partial charge in [-0.05, 0) is 5.56 Å². The number of benzene rings is 1. The van der Waals surface area contributed by atoms with Crippen LogP contribution in [0.2, 0.25) is 0 Å². The first-order valence-corrected chi connectivity index (χ1v) is 5.79. The highest BCUT2D eigenvalue weighted by Gasteiger charge is 2.14. The molecular formula is C14H14N4O2. The third-order valence-electron chi connectivity index (χ3n) is 3.01. The van der Waals surface area contributed by atoms with Gasteiger partial charge in [0.2, 0.25) is 0 Å². The van der Waals surface area contributed by atoms with E-state index >= 15 is 0 Å². The van der Waals surface area contributed by atoms with Crippen LogP contribution < -0.4 is 11.2 Å². The number of imidazole rings is 1. The minimum atomic E-state index is -3.13. The molecule has 2 aromatic heterocycles. The minimum Gasteiger partial charge on any atom is -0.320 e. The Bertz CT molecular complexity index is 1080. The van der Waals surface area contributed by atoms with E-state index in [0.29, 0.717) is 0 Å². The van der Waals surface area contributed by atoms with Crippen LogP contribution in [-0.4, -0.2) is 18.7 Å². The van der Waals surface area contributed by atoms with Crippen molar-refractivity contribution in [2.75, 3.05) is 0 Å². The molecule has 0 fully saturated rings. The monoisotopic (exact) mass is 276 g/mol. The largest absolute Gasteiger partial charge is 0.332 e. The van der Waals surface area contributed by atoms with E-state index in [1.165, 1.54) is 10.9 Å². The maximum Gasteiger partial charge on any atom is 0.332 e. The summed E-state index contributed by atoms with van der Waals surface area (Å²) in [7, 11) is 0. The van der Waals surface area contributed by atoms with Crippen molar-refractivity contribution in [2.24, 2.45) is 14.0 Å². The maximum atomic E-state index is 12.7. The fourth-order valence-corrected chi connectivity index (χ4v) is 2.04. The number of hydrogen-bond acceptors (Lipinski definition) is 3. The van der Waals surface area contributed by atoms with E-state index in [1.54, 1.807) is 24.3 Å². The minimum absolute atomic E-state index is 0.0229. The summed E-state index contributed by atoms with van der Waals surface area (Å²) in [5.41, 5.74) is -2.42. The van der Waals surface area contributed by atoms with E-state index in [0.717, 1.165) is 5.56 Å². The number of nitrogens with zero attached hydrogens (tertiary/aromatic N) is 4. The summed E-state index contributed by atoms with van der Waals surface area (Å²) in [5.74, 6) is 0. The van der Waals surface area contributed by atoms with Gasteiger partial charge in [0.05, 0.1) is 6.33 Å². The third-order valence-corrected chi connectivity index (χ3v) is 3.01. The fraction of sp³-hybridized carbons (Fsp3) is 0.214. The van der Waals surface area contributed by atoms with Gasteiger partial charge in [0, 0.05) is 28.7 Å². The zero-order valence-corrected chi connectivity index (χ0v) is 10.3. The van der Waals surface area contributed by atoms with E-state index in [-0.39, 0.29) is 26.8 Å². The average Bonchev–Trinajstić information content (AvgIpc) is 2.89. The molecule has 20 heavy (non-hydrogen) atoms. The standard InChI is InChI=1S/C14H14N4O2/c1-16-12-11(13(19)17(2)14(16)20)18(9-15-12)8-10-6-4-3-5-7-10/h3-7,9H,8H2,1-2H3/i1D3,2D3. The molecule has 1 aromatic carbocycles. The molecule has 0 aliphatic carbocycles. The number of rotatable bonds is 2. The van der Waals surface area contributed by atoms with Gasteiger partial charge < -0.3 is 4.57 Å². The molecule has 0 radical (unpaired) electrons. The van der Waals surface area contributed by atoms with Gasteiger partial charge in [-0.2, -0.15) is 0 Å². The fourth-order valence-electron chi connectivity index (χ4n) is 2.04. The summed E-state index contributed by atoms with van der Waals surface area (Å²) < 4.78 is 46.5. The number of aryl methyl sites for hydroxylation is 1. The second-order valence-electron chi connectivity index (χ2n) is 4.29. The molecule has 0 aliphatic heterocycles. The average molecular weight is 276 g/mol. The lowest BCUT2D eigenvalue weighted by molar-refractivity contribution is 0.702. The summed E-state index contributed by atoms with van der Waals surface area (Å²) in [6, 6.07) is 8.95. The molecule has 0 spiro atoms. The van der Waals surface area contributed by atoms with Crippen molar-refractivity contribution in [3.8, 4) is 0 Å². The predicted octanol–water partition coefficient (Wildman–Crippen LogP) is 0.482. The summed E-state index contributed by atoms with van der Waals surface area (Å²) in [4.78, 5) is 29.0. The summed E-state index contributed by atoms with van der Waals surface area (Å²) in [6.07, 6.45) is 1.21. The molecule has 0 saturated heterocycles. The van der Waals surface area contributed by atoms with Gasteiger partial charge in [0.15, 0.2) is 11.2 Å². The van der Waals surface area contributed by atoms with Crippen LogP contribution in [0.5, 0.6) is 0 Å². The van der Waals surface area contributed by atoms with Crippen molar-refractivity contribution in [3.05, 3.63) is 63.1 Å². The lowest BCUT2D eigenvalue weighted by Gasteiger charge is -2.06. The van der Waals surface area contributed by atoms with Gasteiger partial charge in [-0.25, -0.2) is 9.78 Å². The van der Waals surface area contributed by atoms with E-state index in [9.17, 15) is 9.59 Å². The van der Waals surface area contributed by atoms with E-state index < -0.39 is 25.2 Å². The number of fused-ring (bicyclic) bond motifs is 1. The van der Waals surface area contributed by atoms with Gasteiger partial charge in [-0.3, -0.25) is 13.9 Å². The van der Waals surface area contributed by atoms with E-state index in [4.69, 9.17) is 8.22 Å². The van der Waals surface area contributed by atoms with Crippen LogP contribution in [0.3, 0.4) is 0 Å². The van der Waals surface area contributed by atoms with Crippen molar-refractivity contribution in [1.82, 2.24) is 18.7 Å². The molecule has 6 nitrogen and oxygen atoms in total. The van der Waals surface area contributed by atoms with Crippen LogP contribution in [0.1, 0.15) is 13.8 Å². The summed E-state index contributed by atoms with van der Waals surface area (Å²) in [6.45, 7) is -5.97. The first-order chi connectivity index (χ1) is 12.0. The topological polar surface area (TPSA) is 61.8 Å². The molecule has 0 unspecified atom stereocenters. The van der Waals surface area contributed by atoms with Crippen molar-refractivity contribution >= 4 is 11.2 Å². The summed E-state index contributed by atoms with van der Waals surface area (Å²) in [5, 5.41) is 0. The molecule has 0 N–H and O–H groups in total. The Kier molecular flexibility index (Phi) is 1.62. The normalized spacial score (nSPS) is 16.8. The van der Waals surface area contributed by atoms with Crippen LogP contribution in [0, 0.1) is 0 Å². The Morgan fingerprint density at radius 3 is 2.60 bits per heavy atom. The second-order valence-corrected chi connectivity index (χ2v) is 4.29. The van der Waals surface area contributed by atoms with E-state index in [2.05, 4.69) is 4.98 Å². The number of aromatic nitrogens is 4. The second kappa shape index (κ2) is 4.48. The highest BCUT2D eigenvalue weighted by molar-refractivity contribution is 5.70. The molecule has 3 aromatic rings. The van der Waals surface area contributed by atoms with Crippen LogP contribution in [0.25, 0.3) is 11.2 Å². The molecule has 0 amide bonds. The number of hydrogen-bond donors (Lipinski definition) is 0. The molecule has 0 saturated carbocycles. The van der Waals surface area contributed by atoms with Crippen LogP contribution in [0.15, 0.2) is 46.2 Å². The molecule has 0 aliphatic rings. The first kappa shape index (κ1) is 7.23. The Morgan fingerprint density at radius 1 is 1.15 bits per heavy atom. The molecule has 0 atom stereocenters. The zero-order chi connectivity index (χ0) is 19.3. The Balaban J connectivity index is 2.39. The Labute approximate surface area is 123 Å². The van der Waals surface area contributed by atoms with Crippen molar-refractivity contribution in [2.45, 2.75) is 6.54 Å². The van der Waals surface area contributed by atoms with Crippen LogP contribution in [-0.2, 0) is 20.5 Å². The maximum absolute atomic E-state index is 12.7. The zero-order valence-electron chi connectivity index (χ0n) is 16.3. The lowest BCUT2D eigenvalue weighted by Crippen LogP contribution is -2.37. The lowest BCUT2D eigenvalue weighted by atomic mass is 10.2. The highest BCUT2D eigenvalue weighted by atomic mass is 16.2. The van der Waals surface area contributed by atoms with Gasteiger partial charge in [-0.15, -0.1) is 0 Å². The third kappa shape index (κ3) is 1.77. The molecule has 2 heterocycles. The molecule has 102 valence electrons.